The third-order valence-electron chi connectivity index (χ3n) is 2.76. The first-order valence-corrected chi connectivity index (χ1v) is 5.13. The van der Waals surface area contributed by atoms with Crippen LogP contribution in [0.4, 0.5) is 5.69 Å². The van der Waals surface area contributed by atoms with Crippen LogP contribution in [-0.2, 0) is 0 Å². The van der Waals surface area contributed by atoms with Crippen LogP contribution in [0.1, 0.15) is 19.3 Å². The lowest BCUT2D eigenvalue weighted by Gasteiger charge is -2.25. The van der Waals surface area contributed by atoms with Gasteiger partial charge in [-0.1, -0.05) is 6.42 Å². The Kier molecular flexibility index (Phi) is 2.85. The van der Waals surface area contributed by atoms with Crippen molar-refractivity contribution in [2.24, 2.45) is 5.92 Å². The normalized spacial score (nSPS) is 15.7. The number of hydrogen-bond acceptors (Lipinski definition) is 3. The fourth-order valence-electron chi connectivity index (χ4n) is 1.54. The van der Waals surface area contributed by atoms with Crippen molar-refractivity contribution in [1.82, 2.24) is 0 Å². The van der Waals surface area contributed by atoms with Crippen molar-refractivity contribution in [1.29, 1.82) is 0 Å². The predicted molar refractivity (Wildman–Crippen MR) is 55.9 cm³/mol. The molecular weight excluding hydrogens is 194 g/mol. The molecular formula is C11H13NO3. The summed E-state index contributed by atoms with van der Waals surface area (Å²) in [5.41, 5.74) is 0.103. The number of hydrogen-bond donors (Lipinski definition) is 0. The molecule has 0 radical (unpaired) electrons. The van der Waals surface area contributed by atoms with Crippen molar-refractivity contribution in [2.45, 2.75) is 19.3 Å². The summed E-state index contributed by atoms with van der Waals surface area (Å²) in [6.45, 7) is 0.734. The third-order valence-corrected chi connectivity index (χ3v) is 2.76. The highest BCUT2D eigenvalue weighted by atomic mass is 16.6. The molecule has 1 aliphatic rings. The summed E-state index contributed by atoms with van der Waals surface area (Å²) >= 11 is 0. The minimum Gasteiger partial charge on any atom is -0.493 e. The Labute approximate surface area is 88.0 Å². The number of ether oxygens (including phenoxy) is 1. The molecule has 15 heavy (non-hydrogen) atoms. The molecule has 4 heteroatoms. The summed E-state index contributed by atoms with van der Waals surface area (Å²) in [6.07, 6.45) is 3.79. The van der Waals surface area contributed by atoms with E-state index in [0.717, 1.165) is 6.61 Å². The highest BCUT2D eigenvalue weighted by Gasteiger charge is 2.17. The van der Waals surface area contributed by atoms with E-state index in [9.17, 15) is 10.1 Å². The summed E-state index contributed by atoms with van der Waals surface area (Å²) in [5.74, 6) is 1.40. The zero-order valence-electron chi connectivity index (χ0n) is 8.39. The van der Waals surface area contributed by atoms with Gasteiger partial charge in [-0.25, -0.2) is 0 Å². The molecule has 0 atom stereocenters. The van der Waals surface area contributed by atoms with E-state index in [1.807, 2.05) is 0 Å². The molecule has 1 fully saturated rings. The van der Waals surface area contributed by atoms with Gasteiger partial charge in [-0.05, 0) is 30.9 Å². The van der Waals surface area contributed by atoms with E-state index in [2.05, 4.69) is 0 Å². The summed E-state index contributed by atoms with van der Waals surface area (Å²) in [4.78, 5) is 9.99. The summed E-state index contributed by atoms with van der Waals surface area (Å²) < 4.78 is 5.52. The van der Waals surface area contributed by atoms with Crippen LogP contribution in [0, 0.1) is 16.0 Å². The number of benzene rings is 1. The first-order valence-electron chi connectivity index (χ1n) is 5.13. The quantitative estimate of drug-likeness (QED) is 0.563. The fraction of sp³-hybridized carbons (Fsp3) is 0.455. The summed E-state index contributed by atoms with van der Waals surface area (Å²) in [5, 5.41) is 10.4. The average molecular weight is 207 g/mol. The van der Waals surface area contributed by atoms with Gasteiger partial charge in [0.25, 0.3) is 5.69 Å². The number of non-ortho nitro benzene ring substituents is 1. The molecule has 1 aliphatic carbocycles. The summed E-state index contributed by atoms with van der Waals surface area (Å²) in [6, 6.07) is 6.24. The molecule has 4 nitrogen and oxygen atoms in total. The predicted octanol–water partition coefficient (Wildman–Crippen LogP) is 2.77. The van der Waals surface area contributed by atoms with Crippen LogP contribution in [0.25, 0.3) is 0 Å². The van der Waals surface area contributed by atoms with Crippen LogP contribution in [0.3, 0.4) is 0 Å². The number of nitro groups is 1. The lowest BCUT2D eigenvalue weighted by molar-refractivity contribution is -0.384. The lowest BCUT2D eigenvalue weighted by atomic mass is 9.86. The molecule has 0 unspecified atom stereocenters. The molecule has 1 saturated carbocycles. The summed E-state index contributed by atoms with van der Waals surface area (Å²) in [7, 11) is 0. The minimum atomic E-state index is -0.407. The van der Waals surface area contributed by atoms with Gasteiger partial charge in [0.1, 0.15) is 5.75 Å². The second-order valence-corrected chi connectivity index (χ2v) is 3.86. The Balaban J connectivity index is 1.88. The molecule has 1 aromatic rings. The molecule has 0 heterocycles. The van der Waals surface area contributed by atoms with Gasteiger partial charge < -0.3 is 4.74 Å². The maximum absolute atomic E-state index is 10.4. The maximum Gasteiger partial charge on any atom is 0.269 e. The van der Waals surface area contributed by atoms with Crippen LogP contribution in [0.15, 0.2) is 24.3 Å². The molecule has 0 aliphatic heterocycles. The van der Waals surface area contributed by atoms with Crippen molar-refractivity contribution >= 4 is 5.69 Å². The van der Waals surface area contributed by atoms with E-state index in [4.69, 9.17) is 4.74 Å². The first kappa shape index (κ1) is 9.96. The van der Waals surface area contributed by atoms with Gasteiger partial charge in [-0.15, -0.1) is 0 Å². The maximum atomic E-state index is 10.4. The van der Waals surface area contributed by atoms with Gasteiger partial charge in [0.15, 0.2) is 0 Å². The molecule has 0 spiro atoms. The molecule has 80 valence electrons. The number of rotatable bonds is 4. The van der Waals surface area contributed by atoms with Gasteiger partial charge in [-0.2, -0.15) is 0 Å². The monoisotopic (exact) mass is 207 g/mol. The Morgan fingerprint density at radius 1 is 1.33 bits per heavy atom. The lowest BCUT2D eigenvalue weighted by Crippen LogP contribution is -2.19. The Morgan fingerprint density at radius 2 is 2.00 bits per heavy atom. The van der Waals surface area contributed by atoms with Crippen LogP contribution in [0.5, 0.6) is 5.75 Å². The van der Waals surface area contributed by atoms with E-state index in [0.29, 0.717) is 11.7 Å². The fourth-order valence-corrected chi connectivity index (χ4v) is 1.54. The van der Waals surface area contributed by atoms with Crippen molar-refractivity contribution in [3.8, 4) is 5.75 Å². The second-order valence-electron chi connectivity index (χ2n) is 3.86. The molecule has 0 N–H and O–H groups in total. The SMILES string of the molecule is O=[N+]([O-])c1ccc(OCC2CCC2)cc1. The van der Waals surface area contributed by atoms with Gasteiger partial charge in [0, 0.05) is 12.1 Å². The van der Waals surface area contributed by atoms with Crippen LogP contribution in [0.2, 0.25) is 0 Å². The molecule has 0 saturated heterocycles. The smallest absolute Gasteiger partial charge is 0.269 e. The highest BCUT2D eigenvalue weighted by Crippen LogP contribution is 2.27. The van der Waals surface area contributed by atoms with Gasteiger partial charge in [-0.3, -0.25) is 10.1 Å². The topological polar surface area (TPSA) is 52.4 Å². The Bertz CT molecular complexity index is 343. The van der Waals surface area contributed by atoms with E-state index < -0.39 is 4.92 Å². The average Bonchev–Trinajstić information content (AvgIpc) is 2.16. The van der Waals surface area contributed by atoms with E-state index in [-0.39, 0.29) is 5.69 Å². The zero-order valence-corrected chi connectivity index (χ0v) is 8.39. The van der Waals surface area contributed by atoms with Crippen molar-refractivity contribution in [3.63, 3.8) is 0 Å². The van der Waals surface area contributed by atoms with E-state index in [1.165, 1.54) is 31.4 Å². The highest BCUT2D eigenvalue weighted by molar-refractivity contribution is 5.35. The van der Waals surface area contributed by atoms with Crippen LogP contribution in [-0.4, -0.2) is 11.5 Å². The van der Waals surface area contributed by atoms with Gasteiger partial charge in [0.05, 0.1) is 11.5 Å². The second kappa shape index (κ2) is 4.29. The molecule has 0 amide bonds. The Hall–Kier alpha value is -1.58. The van der Waals surface area contributed by atoms with Crippen molar-refractivity contribution in [2.75, 3.05) is 6.61 Å². The molecule has 2 rings (SSSR count). The minimum absolute atomic E-state index is 0.103. The molecule has 0 aromatic heterocycles. The van der Waals surface area contributed by atoms with Crippen LogP contribution < -0.4 is 4.74 Å². The molecule has 0 bridgehead atoms. The largest absolute Gasteiger partial charge is 0.493 e. The standard InChI is InChI=1S/C11H13NO3/c13-12(14)10-4-6-11(7-5-10)15-8-9-2-1-3-9/h4-7,9H,1-3,8H2. The first-order chi connectivity index (χ1) is 7.25. The van der Waals surface area contributed by atoms with E-state index >= 15 is 0 Å². The third kappa shape index (κ3) is 2.46. The van der Waals surface area contributed by atoms with Crippen molar-refractivity contribution in [3.05, 3.63) is 34.4 Å². The number of nitrogens with zero attached hydrogens (tertiary/aromatic N) is 1. The molecule has 1 aromatic carbocycles. The Morgan fingerprint density at radius 3 is 2.47 bits per heavy atom. The zero-order chi connectivity index (χ0) is 10.7. The van der Waals surface area contributed by atoms with E-state index in [1.54, 1.807) is 12.1 Å². The number of nitro benzene ring substituents is 1. The van der Waals surface area contributed by atoms with Crippen molar-refractivity contribution < 1.29 is 9.66 Å². The van der Waals surface area contributed by atoms with Gasteiger partial charge in [0.2, 0.25) is 0 Å². The van der Waals surface area contributed by atoms with Crippen LogP contribution >= 0.6 is 0 Å². The van der Waals surface area contributed by atoms with Gasteiger partial charge >= 0.3 is 0 Å².